The van der Waals surface area contributed by atoms with Gasteiger partial charge in [-0.2, -0.15) is 0 Å². The van der Waals surface area contributed by atoms with Crippen LogP contribution in [0.5, 0.6) is 0 Å². The molecule has 0 aromatic heterocycles. The maximum Gasteiger partial charge on any atom is -0.0292 e. The first kappa shape index (κ1) is 7.84. The number of hydrogen-bond acceptors (Lipinski definition) is 0. The van der Waals surface area contributed by atoms with Crippen molar-refractivity contribution in [2.45, 2.75) is 39.5 Å². The highest BCUT2D eigenvalue weighted by atomic mass is 14.3. The molecule has 1 aliphatic carbocycles. The van der Waals surface area contributed by atoms with Crippen LogP contribution in [0.15, 0.2) is 12.2 Å². The molecule has 1 rings (SSSR count). The minimum absolute atomic E-state index is 0.932. The normalized spacial score (nSPS) is 34.4. The number of hydrogen-bond donors (Lipinski definition) is 0. The molecule has 1 aliphatic rings. The first-order valence-corrected chi connectivity index (χ1v) is 4.40. The second-order valence-electron chi connectivity index (χ2n) is 3.64. The van der Waals surface area contributed by atoms with E-state index in [2.05, 4.69) is 20.4 Å². The van der Waals surface area contributed by atoms with Crippen molar-refractivity contribution in [2.24, 2.45) is 11.8 Å². The summed E-state index contributed by atoms with van der Waals surface area (Å²) in [5, 5.41) is 0. The lowest BCUT2D eigenvalue weighted by Crippen LogP contribution is -2.16. The molecule has 0 radical (unpaired) electrons. The quantitative estimate of drug-likeness (QED) is 0.487. The molecule has 1 fully saturated rings. The highest BCUT2D eigenvalue weighted by molar-refractivity contribution is 5.00. The Bertz CT molecular complexity index is 124. The van der Waals surface area contributed by atoms with Gasteiger partial charge in [0.25, 0.3) is 0 Å². The van der Waals surface area contributed by atoms with Crippen molar-refractivity contribution >= 4 is 0 Å². The summed E-state index contributed by atoms with van der Waals surface area (Å²) in [6, 6.07) is 0. The van der Waals surface area contributed by atoms with E-state index in [0.29, 0.717) is 0 Å². The van der Waals surface area contributed by atoms with Crippen LogP contribution in [0.1, 0.15) is 39.5 Å². The summed E-state index contributed by atoms with van der Waals surface area (Å²) < 4.78 is 0. The van der Waals surface area contributed by atoms with E-state index in [1.807, 2.05) is 0 Å². The SMILES string of the molecule is C=C1CCC(C)C(CC)C1. The molecule has 58 valence electrons. The van der Waals surface area contributed by atoms with Gasteiger partial charge in [-0.05, 0) is 31.1 Å². The van der Waals surface area contributed by atoms with Gasteiger partial charge in [0.05, 0.1) is 0 Å². The molecular weight excluding hydrogens is 120 g/mol. The first-order chi connectivity index (χ1) is 4.74. The molecule has 0 heteroatoms. The third-order valence-corrected chi connectivity index (χ3v) is 2.83. The van der Waals surface area contributed by atoms with E-state index in [1.54, 1.807) is 0 Å². The standard InChI is InChI=1S/C10H18/c1-4-10-7-8(2)5-6-9(10)3/h9-10H,2,4-7H2,1,3H3. The van der Waals surface area contributed by atoms with Crippen LogP contribution in [0.4, 0.5) is 0 Å². The molecule has 10 heavy (non-hydrogen) atoms. The molecule has 0 aromatic carbocycles. The lowest BCUT2D eigenvalue weighted by Gasteiger charge is -2.29. The highest BCUT2D eigenvalue weighted by Crippen LogP contribution is 2.33. The van der Waals surface area contributed by atoms with Crippen LogP contribution in [-0.4, -0.2) is 0 Å². The van der Waals surface area contributed by atoms with E-state index in [1.165, 1.54) is 31.3 Å². The molecule has 0 bridgehead atoms. The number of rotatable bonds is 1. The monoisotopic (exact) mass is 138 g/mol. The van der Waals surface area contributed by atoms with Crippen molar-refractivity contribution in [1.29, 1.82) is 0 Å². The van der Waals surface area contributed by atoms with Gasteiger partial charge in [0.1, 0.15) is 0 Å². The van der Waals surface area contributed by atoms with Gasteiger partial charge >= 0.3 is 0 Å². The largest absolute Gasteiger partial charge is 0.0999 e. The highest BCUT2D eigenvalue weighted by Gasteiger charge is 2.20. The van der Waals surface area contributed by atoms with Crippen molar-refractivity contribution in [3.05, 3.63) is 12.2 Å². The van der Waals surface area contributed by atoms with E-state index < -0.39 is 0 Å². The zero-order valence-electron chi connectivity index (χ0n) is 7.19. The van der Waals surface area contributed by atoms with Crippen LogP contribution < -0.4 is 0 Å². The molecule has 0 amide bonds. The van der Waals surface area contributed by atoms with Crippen molar-refractivity contribution < 1.29 is 0 Å². The Labute approximate surface area is 64.3 Å². The summed E-state index contributed by atoms with van der Waals surface area (Å²) in [5.74, 6) is 1.87. The summed E-state index contributed by atoms with van der Waals surface area (Å²) in [6.45, 7) is 8.71. The third-order valence-electron chi connectivity index (χ3n) is 2.83. The summed E-state index contributed by atoms with van der Waals surface area (Å²) in [4.78, 5) is 0. The minimum atomic E-state index is 0.932. The Balaban J connectivity index is 2.45. The summed E-state index contributed by atoms with van der Waals surface area (Å²) in [6.07, 6.45) is 5.27. The van der Waals surface area contributed by atoms with Gasteiger partial charge in [-0.15, -0.1) is 0 Å². The fourth-order valence-electron chi connectivity index (χ4n) is 1.89. The van der Waals surface area contributed by atoms with E-state index in [4.69, 9.17) is 0 Å². The van der Waals surface area contributed by atoms with E-state index in [9.17, 15) is 0 Å². The first-order valence-electron chi connectivity index (χ1n) is 4.40. The Hall–Kier alpha value is -0.260. The molecule has 1 saturated carbocycles. The Morgan fingerprint density at radius 1 is 1.60 bits per heavy atom. The molecule has 2 atom stereocenters. The molecule has 0 aliphatic heterocycles. The minimum Gasteiger partial charge on any atom is -0.0999 e. The molecule has 0 saturated heterocycles. The maximum absolute atomic E-state index is 4.05. The average Bonchev–Trinajstić information content (AvgIpc) is 1.94. The molecule has 0 heterocycles. The summed E-state index contributed by atoms with van der Waals surface area (Å²) in [5.41, 5.74) is 1.48. The third kappa shape index (κ3) is 1.62. The number of allylic oxidation sites excluding steroid dienone is 1. The van der Waals surface area contributed by atoms with Crippen LogP contribution >= 0.6 is 0 Å². The predicted octanol–water partition coefficient (Wildman–Crippen LogP) is 3.39. The van der Waals surface area contributed by atoms with Gasteiger partial charge in [-0.1, -0.05) is 32.4 Å². The van der Waals surface area contributed by atoms with Gasteiger partial charge in [-0.25, -0.2) is 0 Å². The molecule has 0 N–H and O–H groups in total. The maximum atomic E-state index is 4.05. The van der Waals surface area contributed by atoms with Gasteiger partial charge < -0.3 is 0 Å². The van der Waals surface area contributed by atoms with Crippen LogP contribution in [0, 0.1) is 11.8 Å². The van der Waals surface area contributed by atoms with Crippen molar-refractivity contribution in [3.8, 4) is 0 Å². The smallest absolute Gasteiger partial charge is 0.0292 e. The predicted molar refractivity (Wildman–Crippen MR) is 45.9 cm³/mol. The Morgan fingerprint density at radius 2 is 2.30 bits per heavy atom. The van der Waals surface area contributed by atoms with Crippen molar-refractivity contribution in [3.63, 3.8) is 0 Å². The molecular formula is C10H18. The second kappa shape index (κ2) is 3.23. The molecule has 0 spiro atoms. The van der Waals surface area contributed by atoms with Crippen LogP contribution in [-0.2, 0) is 0 Å². The fraction of sp³-hybridized carbons (Fsp3) is 0.800. The van der Waals surface area contributed by atoms with E-state index >= 15 is 0 Å². The second-order valence-corrected chi connectivity index (χ2v) is 3.64. The zero-order valence-corrected chi connectivity index (χ0v) is 7.19. The molecule has 0 aromatic rings. The summed E-state index contributed by atoms with van der Waals surface area (Å²) in [7, 11) is 0. The molecule has 0 nitrogen and oxygen atoms in total. The van der Waals surface area contributed by atoms with Gasteiger partial charge in [0.15, 0.2) is 0 Å². The van der Waals surface area contributed by atoms with Gasteiger partial charge in [0, 0.05) is 0 Å². The van der Waals surface area contributed by atoms with Crippen LogP contribution in [0.2, 0.25) is 0 Å². The lowest BCUT2D eigenvalue weighted by atomic mass is 9.77. The van der Waals surface area contributed by atoms with E-state index in [-0.39, 0.29) is 0 Å². The van der Waals surface area contributed by atoms with Crippen molar-refractivity contribution in [2.75, 3.05) is 0 Å². The van der Waals surface area contributed by atoms with Crippen LogP contribution in [0.25, 0.3) is 0 Å². The van der Waals surface area contributed by atoms with E-state index in [0.717, 1.165) is 11.8 Å². The summed E-state index contributed by atoms with van der Waals surface area (Å²) >= 11 is 0. The van der Waals surface area contributed by atoms with Crippen molar-refractivity contribution in [1.82, 2.24) is 0 Å². The van der Waals surface area contributed by atoms with Crippen LogP contribution in [0.3, 0.4) is 0 Å². The Kier molecular flexibility index (Phi) is 2.53. The lowest BCUT2D eigenvalue weighted by molar-refractivity contribution is 0.291. The molecule has 2 unspecified atom stereocenters. The average molecular weight is 138 g/mol. The van der Waals surface area contributed by atoms with Gasteiger partial charge in [-0.3, -0.25) is 0 Å². The topological polar surface area (TPSA) is 0 Å². The zero-order chi connectivity index (χ0) is 7.56. The van der Waals surface area contributed by atoms with Gasteiger partial charge in [0.2, 0.25) is 0 Å². The Morgan fingerprint density at radius 3 is 2.80 bits per heavy atom. The fourth-order valence-corrected chi connectivity index (χ4v) is 1.89.